The number of nitrogens with one attached hydrogen (secondary N) is 1. The minimum absolute atomic E-state index is 0.0264. The summed E-state index contributed by atoms with van der Waals surface area (Å²) < 4.78 is 0. The molecule has 2 fully saturated rings. The molecule has 124 valence electrons. The second kappa shape index (κ2) is 6.71. The fourth-order valence-electron chi connectivity index (χ4n) is 3.76. The van der Waals surface area contributed by atoms with E-state index in [0.29, 0.717) is 13.0 Å². The van der Waals surface area contributed by atoms with Crippen LogP contribution in [0.4, 0.5) is 0 Å². The summed E-state index contributed by atoms with van der Waals surface area (Å²) in [6.45, 7) is 0.644. The number of aliphatic hydroxyl groups is 1. The lowest BCUT2D eigenvalue weighted by atomic mass is 9.98. The van der Waals surface area contributed by atoms with Crippen LogP contribution in [0.3, 0.4) is 0 Å². The normalized spacial score (nSPS) is 23.3. The van der Waals surface area contributed by atoms with Crippen LogP contribution in [0.2, 0.25) is 0 Å². The van der Waals surface area contributed by atoms with E-state index in [1.165, 1.54) is 0 Å². The number of hydrogen-bond acceptors (Lipinski definition) is 3. The summed E-state index contributed by atoms with van der Waals surface area (Å²) in [5.74, 6) is 0.0243. The number of aliphatic hydroxyl groups excluding tert-OH is 1. The van der Waals surface area contributed by atoms with Gasteiger partial charge in [0.25, 0.3) is 0 Å². The van der Waals surface area contributed by atoms with Crippen molar-refractivity contribution in [1.82, 2.24) is 10.2 Å². The van der Waals surface area contributed by atoms with Crippen LogP contribution >= 0.6 is 0 Å². The molecule has 23 heavy (non-hydrogen) atoms. The average Bonchev–Trinajstić information content (AvgIpc) is 3.16. The Bertz CT molecular complexity index is 567. The molecule has 2 aliphatic rings. The molecule has 1 saturated carbocycles. The highest BCUT2D eigenvalue weighted by atomic mass is 16.3. The molecule has 0 aromatic heterocycles. The van der Waals surface area contributed by atoms with Gasteiger partial charge in [-0.2, -0.15) is 0 Å². The summed E-state index contributed by atoms with van der Waals surface area (Å²) in [7, 11) is 0. The van der Waals surface area contributed by atoms with Gasteiger partial charge in [0.15, 0.2) is 0 Å². The van der Waals surface area contributed by atoms with Crippen molar-refractivity contribution in [2.45, 2.75) is 43.6 Å². The van der Waals surface area contributed by atoms with Crippen LogP contribution < -0.4 is 5.32 Å². The van der Waals surface area contributed by atoms with E-state index in [1.807, 2.05) is 30.3 Å². The van der Waals surface area contributed by atoms with Crippen molar-refractivity contribution < 1.29 is 14.7 Å². The topological polar surface area (TPSA) is 69.6 Å². The molecular formula is C18H24N2O3. The predicted octanol–water partition coefficient (Wildman–Crippen LogP) is 1.42. The predicted molar refractivity (Wildman–Crippen MR) is 86.8 cm³/mol. The van der Waals surface area contributed by atoms with E-state index in [0.717, 1.165) is 31.2 Å². The Morgan fingerprint density at radius 2 is 1.96 bits per heavy atom. The Morgan fingerprint density at radius 3 is 2.61 bits per heavy atom. The summed E-state index contributed by atoms with van der Waals surface area (Å²) >= 11 is 0. The Balaban J connectivity index is 1.58. The standard InChI is InChI=1S/C18H24N2O3/c21-13-18(8-4-5-9-18)19-16(22)12-20-11-15(10-17(20)23)14-6-2-1-3-7-14/h1-3,6-7,15,21H,4-5,8-13H2,(H,19,22)/t15-/m1/s1. The number of likely N-dealkylation sites (tertiary alicyclic amines) is 1. The van der Waals surface area contributed by atoms with Gasteiger partial charge in [-0.05, 0) is 18.4 Å². The lowest BCUT2D eigenvalue weighted by molar-refractivity contribution is -0.134. The summed E-state index contributed by atoms with van der Waals surface area (Å²) in [5, 5.41) is 12.5. The maximum absolute atomic E-state index is 12.3. The van der Waals surface area contributed by atoms with Gasteiger partial charge in [-0.3, -0.25) is 9.59 Å². The minimum Gasteiger partial charge on any atom is -0.394 e. The van der Waals surface area contributed by atoms with Gasteiger partial charge in [0.1, 0.15) is 0 Å². The van der Waals surface area contributed by atoms with Crippen LogP contribution in [0.15, 0.2) is 30.3 Å². The molecule has 3 rings (SSSR count). The molecule has 2 N–H and O–H groups in total. The highest BCUT2D eigenvalue weighted by Crippen LogP contribution is 2.30. The smallest absolute Gasteiger partial charge is 0.240 e. The third-order valence-electron chi connectivity index (χ3n) is 5.09. The third kappa shape index (κ3) is 3.55. The molecule has 1 aliphatic carbocycles. The second-order valence-electron chi connectivity index (χ2n) is 6.78. The second-order valence-corrected chi connectivity index (χ2v) is 6.78. The molecule has 5 nitrogen and oxygen atoms in total. The molecule has 0 radical (unpaired) electrons. The molecule has 2 amide bonds. The highest BCUT2D eigenvalue weighted by Gasteiger charge is 2.36. The number of carbonyl (C=O) groups excluding carboxylic acids is 2. The van der Waals surface area contributed by atoms with Crippen molar-refractivity contribution in [3.05, 3.63) is 35.9 Å². The zero-order valence-corrected chi connectivity index (χ0v) is 13.3. The van der Waals surface area contributed by atoms with E-state index < -0.39 is 5.54 Å². The number of amides is 2. The van der Waals surface area contributed by atoms with Gasteiger partial charge < -0.3 is 15.3 Å². The molecule has 1 saturated heterocycles. The lowest BCUT2D eigenvalue weighted by Crippen LogP contribution is -2.52. The average molecular weight is 316 g/mol. The zero-order chi connectivity index (χ0) is 16.3. The zero-order valence-electron chi connectivity index (χ0n) is 13.3. The van der Waals surface area contributed by atoms with Crippen LogP contribution in [-0.2, 0) is 9.59 Å². The first kappa shape index (κ1) is 16.0. The minimum atomic E-state index is -0.474. The van der Waals surface area contributed by atoms with E-state index in [4.69, 9.17) is 0 Å². The van der Waals surface area contributed by atoms with Crippen LogP contribution in [-0.4, -0.2) is 47.1 Å². The van der Waals surface area contributed by atoms with E-state index in [9.17, 15) is 14.7 Å². The molecule has 0 spiro atoms. The maximum atomic E-state index is 12.3. The molecule has 0 unspecified atom stereocenters. The Morgan fingerprint density at radius 1 is 1.26 bits per heavy atom. The van der Waals surface area contributed by atoms with Crippen molar-refractivity contribution in [3.63, 3.8) is 0 Å². The molecule has 5 heteroatoms. The van der Waals surface area contributed by atoms with Gasteiger partial charge in [-0.25, -0.2) is 0 Å². The number of benzene rings is 1. The summed E-state index contributed by atoms with van der Waals surface area (Å²) in [4.78, 5) is 26.1. The summed E-state index contributed by atoms with van der Waals surface area (Å²) in [6.07, 6.45) is 4.15. The molecule has 1 atom stereocenters. The molecule has 1 aromatic carbocycles. The Hall–Kier alpha value is -1.88. The van der Waals surface area contributed by atoms with Crippen LogP contribution in [0.1, 0.15) is 43.6 Å². The quantitative estimate of drug-likeness (QED) is 0.863. The first-order valence-corrected chi connectivity index (χ1v) is 8.36. The van der Waals surface area contributed by atoms with Gasteiger partial charge in [0.05, 0.1) is 18.7 Å². The number of hydrogen-bond donors (Lipinski definition) is 2. The van der Waals surface area contributed by atoms with Crippen molar-refractivity contribution in [2.24, 2.45) is 0 Å². The van der Waals surface area contributed by atoms with Gasteiger partial charge in [-0.15, -0.1) is 0 Å². The molecule has 1 aliphatic heterocycles. The fraction of sp³-hybridized carbons (Fsp3) is 0.556. The van der Waals surface area contributed by atoms with Crippen LogP contribution in [0.25, 0.3) is 0 Å². The van der Waals surface area contributed by atoms with E-state index in [2.05, 4.69) is 5.32 Å². The fourth-order valence-corrected chi connectivity index (χ4v) is 3.76. The molecule has 1 aromatic rings. The van der Waals surface area contributed by atoms with Crippen molar-refractivity contribution in [2.75, 3.05) is 19.7 Å². The van der Waals surface area contributed by atoms with E-state index >= 15 is 0 Å². The van der Waals surface area contributed by atoms with Gasteiger partial charge in [0.2, 0.25) is 11.8 Å². The van der Waals surface area contributed by atoms with Gasteiger partial charge in [-0.1, -0.05) is 43.2 Å². The van der Waals surface area contributed by atoms with Gasteiger partial charge >= 0.3 is 0 Å². The Kier molecular flexibility index (Phi) is 4.66. The molecular weight excluding hydrogens is 292 g/mol. The van der Waals surface area contributed by atoms with Crippen molar-refractivity contribution in [1.29, 1.82) is 0 Å². The summed E-state index contributed by atoms with van der Waals surface area (Å²) in [5.41, 5.74) is 0.671. The maximum Gasteiger partial charge on any atom is 0.240 e. The highest BCUT2D eigenvalue weighted by molar-refractivity contribution is 5.87. The lowest BCUT2D eigenvalue weighted by Gasteiger charge is -2.29. The van der Waals surface area contributed by atoms with Crippen LogP contribution in [0, 0.1) is 0 Å². The first-order chi connectivity index (χ1) is 11.1. The monoisotopic (exact) mass is 316 g/mol. The van der Waals surface area contributed by atoms with E-state index in [1.54, 1.807) is 4.90 Å². The van der Waals surface area contributed by atoms with Crippen LogP contribution in [0.5, 0.6) is 0 Å². The molecule has 1 heterocycles. The largest absolute Gasteiger partial charge is 0.394 e. The van der Waals surface area contributed by atoms with Crippen molar-refractivity contribution >= 4 is 11.8 Å². The number of nitrogens with zero attached hydrogens (tertiary/aromatic N) is 1. The first-order valence-electron chi connectivity index (χ1n) is 8.36. The summed E-state index contributed by atoms with van der Waals surface area (Å²) in [6, 6.07) is 9.96. The van der Waals surface area contributed by atoms with Gasteiger partial charge in [0, 0.05) is 18.9 Å². The number of rotatable bonds is 5. The van der Waals surface area contributed by atoms with Crippen molar-refractivity contribution in [3.8, 4) is 0 Å². The van der Waals surface area contributed by atoms with E-state index in [-0.39, 0.29) is 30.9 Å². The SMILES string of the molecule is O=C(CN1C[C@H](c2ccccc2)CC1=O)NC1(CO)CCCC1. The number of carbonyl (C=O) groups is 2. The molecule has 0 bridgehead atoms. The Labute approximate surface area is 136 Å². The third-order valence-corrected chi connectivity index (χ3v) is 5.09.